The SMILES string of the molecule is CCC(=O)c1ccc(Cl)c(S(=O)(=O)N(CC)CC)c1. The third-order valence-corrected chi connectivity index (χ3v) is 5.43. The molecule has 0 N–H and O–H groups in total. The van der Waals surface area contributed by atoms with E-state index in [2.05, 4.69) is 0 Å². The molecule has 0 radical (unpaired) electrons. The van der Waals surface area contributed by atoms with Crippen molar-refractivity contribution in [2.75, 3.05) is 13.1 Å². The molecule has 6 heteroatoms. The third kappa shape index (κ3) is 3.35. The molecule has 0 unspecified atom stereocenters. The predicted octanol–water partition coefficient (Wildman–Crippen LogP) is 2.96. The van der Waals surface area contributed by atoms with E-state index in [0.29, 0.717) is 25.1 Å². The lowest BCUT2D eigenvalue weighted by Gasteiger charge is -2.19. The fourth-order valence-corrected chi connectivity index (χ4v) is 3.74. The van der Waals surface area contributed by atoms with Gasteiger partial charge < -0.3 is 0 Å². The molecule has 4 nitrogen and oxygen atoms in total. The quantitative estimate of drug-likeness (QED) is 0.759. The second-order valence-corrected chi connectivity index (χ2v) is 6.32. The lowest BCUT2D eigenvalue weighted by molar-refractivity contribution is 0.0988. The predicted molar refractivity (Wildman–Crippen MR) is 76.2 cm³/mol. The smallest absolute Gasteiger partial charge is 0.244 e. The van der Waals surface area contributed by atoms with Crippen LogP contribution >= 0.6 is 11.6 Å². The Kier molecular flexibility index (Phi) is 5.52. The van der Waals surface area contributed by atoms with E-state index in [0.717, 1.165) is 0 Å². The van der Waals surface area contributed by atoms with Gasteiger partial charge >= 0.3 is 0 Å². The van der Waals surface area contributed by atoms with Crippen molar-refractivity contribution in [2.24, 2.45) is 0 Å². The van der Waals surface area contributed by atoms with Gasteiger partial charge in [0.2, 0.25) is 10.0 Å². The minimum atomic E-state index is -3.65. The molecule has 0 amide bonds. The summed E-state index contributed by atoms with van der Waals surface area (Å²) in [6.07, 6.45) is 0.326. The molecule has 0 spiro atoms. The van der Waals surface area contributed by atoms with E-state index in [9.17, 15) is 13.2 Å². The lowest BCUT2D eigenvalue weighted by Crippen LogP contribution is -2.31. The highest BCUT2D eigenvalue weighted by atomic mass is 35.5. The highest BCUT2D eigenvalue weighted by molar-refractivity contribution is 7.89. The Morgan fingerprint density at radius 2 is 1.79 bits per heavy atom. The zero-order valence-corrected chi connectivity index (χ0v) is 12.9. The van der Waals surface area contributed by atoms with Gasteiger partial charge in [0.25, 0.3) is 0 Å². The minimum absolute atomic E-state index is 0.00262. The Labute approximate surface area is 119 Å². The molecule has 0 heterocycles. The van der Waals surface area contributed by atoms with Crippen molar-refractivity contribution in [1.82, 2.24) is 4.31 Å². The largest absolute Gasteiger partial charge is 0.294 e. The summed E-state index contributed by atoms with van der Waals surface area (Å²) in [5, 5.41) is 0.138. The third-order valence-electron chi connectivity index (χ3n) is 2.90. The maximum atomic E-state index is 12.4. The van der Waals surface area contributed by atoms with Crippen LogP contribution in [0.1, 0.15) is 37.6 Å². The molecule has 19 heavy (non-hydrogen) atoms. The number of carbonyl (C=O) groups is 1. The zero-order valence-electron chi connectivity index (χ0n) is 11.3. The average Bonchev–Trinajstić information content (AvgIpc) is 2.39. The first-order valence-corrected chi connectivity index (χ1v) is 8.03. The fraction of sp³-hybridized carbons (Fsp3) is 0.462. The van der Waals surface area contributed by atoms with Crippen molar-refractivity contribution >= 4 is 27.4 Å². The molecule has 106 valence electrons. The zero-order chi connectivity index (χ0) is 14.6. The summed E-state index contributed by atoms with van der Waals surface area (Å²) in [6.45, 7) is 5.98. The van der Waals surface area contributed by atoms with Gasteiger partial charge in [-0.2, -0.15) is 4.31 Å². The van der Waals surface area contributed by atoms with E-state index in [1.54, 1.807) is 26.8 Å². The van der Waals surface area contributed by atoms with E-state index in [1.165, 1.54) is 16.4 Å². The Bertz CT molecular complexity index is 565. The van der Waals surface area contributed by atoms with Crippen molar-refractivity contribution in [2.45, 2.75) is 32.1 Å². The minimum Gasteiger partial charge on any atom is -0.294 e. The highest BCUT2D eigenvalue weighted by Gasteiger charge is 2.25. The van der Waals surface area contributed by atoms with Crippen molar-refractivity contribution in [3.8, 4) is 0 Å². The summed E-state index contributed by atoms with van der Waals surface area (Å²) in [4.78, 5) is 11.7. The Hall–Kier alpha value is -0.910. The monoisotopic (exact) mass is 303 g/mol. The van der Waals surface area contributed by atoms with Crippen LogP contribution in [0.25, 0.3) is 0 Å². The summed E-state index contributed by atoms with van der Waals surface area (Å²) in [6, 6.07) is 4.37. The molecular formula is C13H18ClNO3S. The average molecular weight is 304 g/mol. The Morgan fingerprint density at radius 3 is 2.26 bits per heavy atom. The number of Topliss-reactive ketones (excluding diaryl/α,β-unsaturated/α-hetero) is 1. The van der Waals surface area contributed by atoms with Crippen molar-refractivity contribution in [1.29, 1.82) is 0 Å². The maximum Gasteiger partial charge on any atom is 0.244 e. The normalized spacial score (nSPS) is 11.8. The van der Waals surface area contributed by atoms with Gasteiger partial charge in [0.15, 0.2) is 5.78 Å². The van der Waals surface area contributed by atoms with Crippen LogP contribution in [0.2, 0.25) is 5.02 Å². The number of hydrogen-bond acceptors (Lipinski definition) is 3. The molecule has 0 aliphatic rings. The molecular weight excluding hydrogens is 286 g/mol. The molecule has 0 aliphatic heterocycles. The van der Waals surface area contributed by atoms with Crippen LogP contribution in [0.5, 0.6) is 0 Å². The van der Waals surface area contributed by atoms with Gasteiger partial charge in [0.1, 0.15) is 4.90 Å². The molecule has 0 saturated heterocycles. The second-order valence-electron chi connectivity index (χ2n) is 4.01. The first-order valence-electron chi connectivity index (χ1n) is 6.21. The van der Waals surface area contributed by atoms with Gasteiger partial charge in [-0.25, -0.2) is 8.42 Å². The van der Waals surface area contributed by atoms with Crippen molar-refractivity contribution in [3.05, 3.63) is 28.8 Å². The molecule has 0 bridgehead atoms. The Balaban J connectivity index is 3.37. The van der Waals surface area contributed by atoms with Gasteiger partial charge in [-0.05, 0) is 18.2 Å². The van der Waals surface area contributed by atoms with Crippen LogP contribution < -0.4 is 0 Å². The fourth-order valence-electron chi connectivity index (χ4n) is 1.78. The molecule has 0 atom stereocenters. The first kappa shape index (κ1) is 16.1. The molecule has 1 aromatic carbocycles. The van der Waals surface area contributed by atoms with Gasteiger partial charge in [-0.3, -0.25) is 4.79 Å². The standard InChI is InChI=1S/C13H18ClNO3S/c1-4-12(16)10-7-8-11(14)13(9-10)19(17,18)15(5-2)6-3/h7-9H,4-6H2,1-3H3. The number of ketones is 1. The summed E-state index contributed by atoms with van der Waals surface area (Å²) >= 11 is 5.97. The van der Waals surface area contributed by atoms with Crippen LogP contribution in [0.15, 0.2) is 23.1 Å². The summed E-state index contributed by atoms with van der Waals surface area (Å²) in [5.74, 6) is -0.104. The van der Waals surface area contributed by atoms with Crippen LogP contribution in [0.3, 0.4) is 0 Å². The number of benzene rings is 1. The molecule has 0 fully saturated rings. The van der Waals surface area contributed by atoms with E-state index in [1.807, 2.05) is 0 Å². The van der Waals surface area contributed by atoms with E-state index in [4.69, 9.17) is 11.6 Å². The number of sulfonamides is 1. The number of hydrogen-bond donors (Lipinski definition) is 0. The molecule has 1 aromatic rings. The van der Waals surface area contributed by atoms with E-state index >= 15 is 0 Å². The van der Waals surface area contributed by atoms with Crippen LogP contribution in [-0.4, -0.2) is 31.6 Å². The van der Waals surface area contributed by atoms with Crippen molar-refractivity contribution in [3.63, 3.8) is 0 Å². The number of nitrogens with zero attached hydrogens (tertiary/aromatic N) is 1. The molecule has 1 rings (SSSR count). The number of carbonyl (C=O) groups excluding carboxylic acids is 1. The van der Waals surface area contributed by atoms with E-state index in [-0.39, 0.29) is 15.7 Å². The Morgan fingerprint density at radius 1 is 1.21 bits per heavy atom. The topological polar surface area (TPSA) is 54.5 Å². The summed E-state index contributed by atoms with van der Waals surface area (Å²) in [7, 11) is -3.65. The first-order chi connectivity index (χ1) is 8.88. The number of halogens is 1. The highest BCUT2D eigenvalue weighted by Crippen LogP contribution is 2.26. The van der Waals surface area contributed by atoms with Crippen LogP contribution in [-0.2, 0) is 10.0 Å². The second kappa shape index (κ2) is 6.50. The van der Waals surface area contributed by atoms with Gasteiger partial charge in [0.05, 0.1) is 5.02 Å². The summed E-state index contributed by atoms with van der Waals surface area (Å²) in [5.41, 5.74) is 0.373. The molecule has 0 aromatic heterocycles. The van der Waals surface area contributed by atoms with Crippen LogP contribution in [0.4, 0.5) is 0 Å². The van der Waals surface area contributed by atoms with Crippen LogP contribution in [0, 0.1) is 0 Å². The van der Waals surface area contributed by atoms with E-state index < -0.39 is 10.0 Å². The molecule has 0 aliphatic carbocycles. The van der Waals surface area contributed by atoms with Gasteiger partial charge in [-0.1, -0.05) is 32.4 Å². The lowest BCUT2D eigenvalue weighted by atomic mass is 10.1. The summed E-state index contributed by atoms with van der Waals surface area (Å²) < 4.78 is 26.1. The van der Waals surface area contributed by atoms with Crippen molar-refractivity contribution < 1.29 is 13.2 Å². The maximum absolute atomic E-state index is 12.4. The number of rotatable bonds is 6. The molecule has 0 saturated carbocycles. The van der Waals surface area contributed by atoms with Gasteiger partial charge in [-0.15, -0.1) is 0 Å². The van der Waals surface area contributed by atoms with Gasteiger partial charge in [0, 0.05) is 25.1 Å².